The summed E-state index contributed by atoms with van der Waals surface area (Å²) < 4.78 is 34.0. The number of rotatable bonds is 3. The van der Waals surface area contributed by atoms with Gasteiger partial charge in [-0.25, -0.2) is 0 Å². The van der Waals surface area contributed by atoms with E-state index in [9.17, 15) is 8.78 Å². The predicted octanol–water partition coefficient (Wildman–Crippen LogP) is 1.36. The fraction of sp³-hybridized carbons (Fsp3) is 0.400. The summed E-state index contributed by atoms with van der Waals surface area (Å²) in [5.74, 6) is 0.0312. The smallest absolute Gasteiger partial charge is 0.395 e. The summed E-state index contributed by atoms with van der Waals surface area (Å²) in [6.45, 7) is 0.436. The van der Waals surface area contributed by atoms with E-state index in [1.165, 1.54) is 12.1 Å². The molecule has 0 radical (unpaired) electrons. The Bertz CT molecular complexity index is 398. The SMILES string of the molecule is NCC[C@@H](N)c1ccc2c(c1)OC(F)(F)O2. The van der Waals surface area contributed by atoms with Gasteiger partial charge >= 0.3 is 6.29 Å². The van der Waals surface area contributed by atoms with Crippen LogP contribution in [-0.2, 0) is 0 Å². The van der Waals surface area contributed by atoms with Crippen LogP contribution in [0.3, 0.4) is 0 Å². The maximum Gasteiger partial charge on any atom is 0.586 e. The molecular formula is C10H12F2N2O2. The van der Waals surface area contributed by atoms with Gasteiger partial charge in [0.25, 0.3) is 0 Å². The monoisotopic (exact) mass is 230 g/mol. The van der Waals surface area contributed by atoms with Crippen LogP contribution >= 0.6 is 0 Å². The van der Waals surface area contributed by atoms with Crippen molar-refractivity contribution < 1.29 is 18.3 Å². The first-order valence-corrected chi connectivity index (χ1v) is 4.87. The molecule has 0 saturated carbocycles. The lowest BCUT2D eigenvalue weighted by Crippen LogP contribution is -2.25. The van der Waals surface area contributed by atoms with Crippen molar-refractivity contribution in [3.05, 3.63) is 23.8 Å². The van der Waals surface area contributed by atoms with Gasteiger partial charge in [0.2, 0.25) is 0 Å². The van der Waals surface area contributed by atoms with Gasteiger partial charge in [0, 0.05) is 6.04 Å². The average Bonchev–Trinajstić information content (AvgIpc) is 2.50. The van der Waals surface area contributed by atoms with Crippen LogP contribution in [0.4, 0.5) is 8.78 Å². The van der Waals surface area contributed by atoms with E-state index in [0.717, 1.165) is 0 Å². The number of halogens is 2. The van der Waals surface area contributed by atoms with Crippen LogP contribution in [0, 0.1) is 0 Å². The van der Waals surface area contributed by atoms with Gasteiger partial charge in [0.05, 0.1) is 0 Å². The quantitative estimate of drug-likeness (QED) is 0.822. The normalized spacial score (nSPS) is 18.5. The van der Waals surface area contributed by atoms with E-state index in [-0.39, 0.29) is 17.5 Å². The Balaban J connectivity index is 2.22. The van der Waals surface area contributed by atoms with Gasteiger partial charge in [-0.3, -0.25) is 0 Å². The van der Waals surface area contributed by atoms with Crippen molar-refractivity contribution in [1.82, 2.24) is 0 Å². The van der Waals surface area contributed by atoms with E-state index in [1.54, 1.807) is 6.07 Å². The van der Waals surface area contributed by atoms with Gasteiger partial charge in [-0.05, 0) is 30.7 Å². The molecule has 6 heteroatoms. The molecule has 0 aromatic heterocycles. The minimum atomic E-state index is -3.58. The Morgan fingerprint density at radius 2 is 1.94 bits per heavy atom. The number of hydrogen-bond donors (Lipinski definition) is 2. The average molecular weight is 230 g/mol. The van der Waals surface area contributed by atoms with Crippen LogP contribution in [0.1, 0.15) is 18.0 Å². The molecular weight excluding hydrogens is 218 g/mol. The Hall–Kier alpha value is -1.40. The Kier molecular flexibility index (Phi) is 2.69. The molecule has 1 aliphatic rings. The molecule has 2 rings (SSSR count). The number of fused-ring (bicyclic) bond motifs is 1. The molecule has 1 heterocycles. The lowest BCUT2D eigenvalue weighted by Gasteiger charge is -2.10. The molecule has 1 atom stereocenters. The van der Waals surface area contributed by atoms with Gasteiger partial charge in [-0.1, -0.05) is 6.07 Å². The second kappa shape index (κ2) is 3.88. The Labute approximate surface area is 91.1 Å². The Morgan fingerprint density at radius 3 is 2.62 bits per heavy atom. The van der Waals surface area contributed by atoms with Gasteiger partial charge in [0.1, 0.15) is 0 Å². The second-order valence-corrected chi connectivity index (χ2v) is 3.56. The zero-order valence-corrected chi connectivity index (χ0v) is 8.45. The highest BCUT2D eigenvalue weighted by Crippen LogP contribution is 2.41. The first-order chi connectivity index (χ1) is 7.52. The van der Waals surface area contributed by atoms with E-state index >= 15 is 0 Å². The molecule has 1 aromatic rings. The lowest BCUT2D eigenvalue weighted by molar-refractivity contribution is -0.286. The fourth-order valence-corrected chi connectivity index (χ4v) is 1.54. The second-order valence-electron chi connectivity index (χ2n) is 3.56. The Morgan fingerprint density at radius 1 is 1.25 bits per heavy atom. The van der Waals surface area contributed by atoms with Crippen LogP contribution in [0.5, 0.6) is 11.5 Å². The van der Waals surface area contributed by atoms with Crippen molar-refractivity contribution in [3.63, 3.8) is 0 Å². The largest absolute Gasteiger partial charge is 0.586 e. The number of hydrogen-bond acceptors (Lipinski definition) is 4. The van der Waals surface area contributed by atoms with Gasteiger partial charge < -0.3 is 20.9 Å². The summed E-state index contributed by atoms with van der Waals surface area (Å²) in [5, 5.41) is 0. The third-order valence-electron chi connectivity index (χ3n) is 2.33. The summed E-state index contributed by atoms with van der Waals surface area (Å²) >= 11 is 0. The van der Waals surface area contributed by atoms with Crippen molar-refractivity contribution in [1.29, 1.82) is 0 Å². The van der Waals surface area contributed by atoms with Crippen LogP contribution in [0.2, 0.25) is 0 Å². The summed E-state index contributed by atoms with van der Waals surface area (Å²) in [6, 6.07) is 4.22. The van der Waals surface area contributed by atoms with Crippen molar-refractivity contribution in [2.75, 3.05) is 6.54 Å². The van der Waals surface area contributed by atoms with Crippen LogP contribution < -0.4 is 20.9 Å². The number of nitrogens with two attached hydrogens (primary N) is 2. The summed E-state index contributed by atoms with van der Waals surface area (Å²) in [4.78, 5) is 0. The molecule has 4 nitrogen and oxygen atoms in total. The minimum absolute atomic E-state index is 0.00923. The number of benzene rings is 1. The molecule has 0 unspecified atom stereocenters. The third-order valence-corrected chi connectivity index (χ3v) is 2.33. The molecule has 88 valence electrons. The molecule has 4 N–H and O–H groups in total. The molecule has 16 heavy (non-hydrogen) atoms. The van der Waals surface area contributed by atoms with E-state index in [4.69, 9.17) is 11.5 Å². The highest BCUT2D eigenvalue weighted by Gasteiger charge is 2.43. The van der Waals surface area contributed by atoms with Gasteiger partial charge in [-0.15, -0.1) is 8.78 Å². The zero-order chi connectivity index (χ0) is 11.8. The zero-order valence-electron chi connectivity index (χ0n) is 8.45. The highest BCUT2D eigenvalue weighted by molar-refractivity contribution is 5.45. The summed E-state index contributed by atoms with van der Waals surface area (Å²) in [5.41, 5.74) is 11.9. The first-order valence-electron chi connectivity index (χ1n) is 4.87. The fourth-order valence-electron chi connectivity index (χ4n) is 1.54. The topological polar surface area (TPSA) is 70.5 Å². The number of alkyl halides is 2. The standard InChI is InChI=1S/C10H12F2N2O2/c11-10(12)15-8-2-1-6(5-9(8)16-10)7(14)3-4-13/h1-2,5,7H,3-4,13-14H2/t7-/m1/s1. The van der Waals surface area contributed by atoms with E-state index in [1.807, 2.05) is 0 Å². The van der Waals surface area contributed by atoms with Crippen LogP contribution in [0.25, 0.3) is 0 Å². The van der Waals surface area contributed by atoms with Gasteiger partial charge in [-0.2, -0.15) is 0 Å². The van der Waals surface area contributed by atoms with E-state index in [2.05, 4.69) is 9.47 Å². The maximum atomic E-state index is 12.7. The van der Waals surface area contributed by atoms with Crippen molar-refractivity contribution in [2.24, 2.45) is 11.5 Å². The van der Waals surface area contributed by atoms with Gasteiger partial charge in [0.15, 0.2) is 11.5 Å². The van der Waals surface area contributed by atoms with Crippen molar-refractivity contribution >= 4 is 0 Å². The van der Waals surface area contributed by atoms with E-state index in [0.29, 0.717) is 18.5 Å². The molecule has 0 saturated heterocycles. The van der Waals surface area contributed by atoms with E-state index < -0.39 is 6.29 Å². The molecule has 1 aliphatic heterocycles. The number of ether oxygens (including phenoxy) is 2. The third kappa shape index (κ3) is 2.07. The summed E-state index contributed by atoms with van der Waals surface area (Å²) in [7, 11) is 0. The van der Waals surface area contributed by atoms with Crippen molar-refractivity contribution in [2.45, 2.75) is 18.8 Å². The van der Waals surface area contributed by atoms with Crippen molar-refractivity contribution in [3.8, 4) is 11.5 Å². The first kappa shape index (κ1) is 11.1. The maximum absolute atomic E-state index is 12.7. The highest BCUT2D eigenvalue weighted by atomic mass is 19.3. The predicted molar refractivity (Wildman–Crippen MR) is 53.2 cm³/mol. The van der Waals surface area contributed by atoms with Crippen LogP contribution in [-0.4, -0.2) is 12.8 Å². The molecule has 0 amide bonds. The van der Waals surface area contributed by atoms with Crippen LogP contribution in [0.15, 0.2) is 18.2 Å². The lowest BCUT2D eigenvalue weighted by atomic mass is 10.0. The summed E-state index contributed by atoms with van der Waals surface area (Å²) in [6.07, 6.45) is -3.01. The molecule has 0 bridgehead atoms. The minimum Gasteiger partial charge on any atom is -0.395 e. The molecule has 0 aliphatic carbocycles. The molecule has 0 fully saturated rings. The molecule has 1 aromatic carbocycles. The molecule has 0 spiro atoms.